The number of nitrogens with zero attached hydrogens (tertiary/aromatic N) is 1. The number of piperidine rings is 1. The molecule has 6 nitrogen and oxygen atoms in total. The van der Waals surface area contributed by atoms with Crippen molar-refractivity contribution >= 4 is 16.0 Å². The largest absolute Gasteiger partial charge is 0.460 e. The molecule has 0 aromatic heterocycles. The summed E-state index contributed by atoms with van der Waals surface area (Å²) in [7, 11) is -3.85. The number of sulfonamides is 1. The third kappa shape index (κ3) is 5.17. The number of aryl methyl sites for hydroxylation is 1. The van der Waals surface area contributed by atoms with Gasteiger partial charge in [0.25, 0.3) is 0 Å². The van der Waals surface area contributed by atoms with Gasteiger partial charge in [-0.3, -0.25) is 4.79 Å². The third-order valence-corrected chi connectivity index (χ3v) is 7.34. The molecule has 0 bridgehead atoms. The first-order valence-corrected chi connectivity index (χ1v) is 11.8. The molecule has 0 spiro atoms. The summed E-state index contributed by atoms with van der Waals surface area (Å²) in [5, 5.41) is 11.4. The molecule has 0 radical (unpaired) electrons. The maximum absolute atomic E-state index is 13.4. The predicted octanol–water partition coefficient (Wildman–Crippen LogP) is 3.49. The predicted molar refractivity (Wildman–Crippen MR) is 119 cm³/mol. The van der Waals surface area contributed by atoms with Crippen LogP contribution in [0.4, 0.5) is 0 Å². The van der Waals surface area contributed by atoms with Crippen LogP contribution in [-0.4, -0.2) is 48.1 Å². The summed E-state index contributed by atoms with van der Waals surface area (Å²) < 4.78 is 33.6. The molecular weight excluding hydrogens is 414 g/mol. The lowest BCUT2D eigenvalue weighted by atomic mass is 9.73. The lowest BCUT2D eigenvalue weighted by Gasteiger charge is -2.46. The Kier molecular flexibility index (Phi) is 6.33. The molecule has 0 unspecified atom stereocenters. The van der Waals surface area contributed by atoms with E-state index in [4.69, 9.17) is 4.74 Å². The van der Waals surface area contributed by atoms with Crippen molar-refractivity contribution in [2.45, 2.75) is 56.6 Å². The number of esters is 1. The van der Waals surface area contributed by atoms with Gasteiger partial charge < -0.3 is 9.84 Å². The Labute approximate surface area is 184 Å². The van der Waals surface area contributed by atoms with Crippen LogP contribution in [0.3, 0.4) is 0 Å². The summed E-state index contributed by atoms with van der Waals surface area (Å²) >= 11 is 0. The highest BCUT2D eigenvalue weighted by molar-refractivity contribution is 7.89. The topological polar surface area (TPSA) is 83.9 Å². The third-order valence-electron chi connectivity index (χ3n) is 5.52. The molecule has 0 saturated carbocycles. The highest BCUT2D eigenvalue weighted by atomic mass is 32.2. The number of benzene rings is 2. The Bertz CT molecular complexity index is 1020. The van der Waals surface area contributed by atoms with Crippen molar-refractivity contribution in [1.82, 2.24) is 4.31 Å². The molecule has 168 valence electrons. The standard InChI is InChI=1S/C24H31NO5S/c1-17-11-13-19(14-12-17)31(28,29)25-15-20(18-9-7-6-8-10-18)21(24(5,27)16-25)22(26)30-23(2,3)4/h6-14,20-21,27H,15-16H2,1-5H3/t20-,21+,24-/m1/s1. The van der Waals surface area contributed by atoms with Crippen molar-refractivity contribution in [2.75, 3.05) is 13.1 Å². The zero-order valence-corrected chi connectivity index (χ0v) is 19.5. The van der Waals surface area contributed by atoms with Crippen LogP contribution in [0.15, 0.2) is 59.5 Å². The van der Waals surface area contributed by atoms with Gasteiger partial charge in [0.15, 0.2) is 0 Å². The van der Waals surface area contributed by atoms with Crippen molar-refractivity contribution < 1.29 is 23.1 Å². The number of rotatable bonds is 4. The fraction of sp³-hybridized carbons (Fsp3) is 0.458. The Morgan fingerprint density at radius 3 is 2.23 bits per heavy atom. The van der Waals surface area contributed by atoms with Crippen LogP contribution in [0.2, 0.25) is 0 Å². The molecule has 0 amide bonds. The molecule has 1 N–H and O–H groups in total. The van der Waals surface area contributed by atoms with Crippen LogP contribution in [0.5, 0.6) is 0 Å². The Morgan fingerprint density at radius 1 is 1.10 bits per heavy atom. The second kappa shape index (κ2) is 8.37. The normalized spacial score (nSPS) is 25.2. The number of hydrogen-bond donors (Lipinski definition) is 1. The maximum Gasteiger partial charge on any atom is 0.313 e. The minimum absolute atomic E-state index is 0.0697. The van der Waals surface area contributed by atoms with E-state index in [9.17, 15) is 18.3 Å². The molecule has 1 fully saturated rings. The highest BCUT2D eigenvalue weighted by Gasteiger charge is 2.52. The summed E-state index contributed by atoms with van der Waals surface area (Å²) in [5.74, 6) is -1.99. The van der Waals surface area contributed by atoms with Crippen molar-refractivity contribution in [3.05, 3.63) is 65.7 Å². The number of ether oxygens (including phenoxy) is 1. The molecule has 1 aliphatic heterocycles. The van der Waals surface area contributed by atoms with Gasteiger partial charge in [-0.05, 0) is 52.3 Å². The van der Waals surface area contributed by atoms with Crippen LogP contribution in [0.1, 0.15) is 44.7 Å². The lowest BCUT2D eigenvalue weighted by Crippen LogP contribution is -2.59. The first-order valence-electron chi connectivity index (χ1n) is 10.4. The van der Waals surface area contributed by atoms with Gasteiger partial charge in [0.1, 0.15) is 5.60 Å². The highest BCUT2D eigenvalue weighted by Crippen LogP contribution is 2.41. The zero-order chi connectivity index (χ0) is 23.0. The van der Waals surface area contributed by atoms with Gasteiger partial charge in [-0.2, -0.15) is 4.31 Å². The average molecular weight is 446 g/mol. The van der Waals surface area contributed by atoms with Gasteiger partial charge >= 0.3 is 5.97 Å². The van der Waals surface area contributed by atoms with Crippen molar-refractivity contribution in [1.29, 1.82) is 0 Å². The van der Waals surface area contributed by atoms with Crippen LogP contribution < -0.4 is 0 Å². The summed E-state index contributed by atoms with van der Waals surface area (Å²) in [6.07, 6.45) is 0. The minimum atomic E-state index is -3.85. The fourth-order valence-electron chi connectivity index (χ4n) is 4.10. The Balaban J connectivity index is 2.03. The van der Waals surface area contributed by atoms with Crippen LogP contribution >= 0.6 is 0 Å². The van der Waals surface area contributed by atoms with Gasteiger partial charge in [-0.1, -0.05) is 48.0 Å². The van der Waals surface area contributed by atoms with Gasteiger partial charge in [0.05, 0.1) is 16.4 Å². The van der Waals surface area contributed by atoms with E-state index in [2.05, 4.69) is 0 Å². The molecule has 7 heteroatoms. The SMILES string of the molecule is Cc1ccc(S(=O)(=O)N2C[C@H](c3ccccc3)[C@@H](C(=O)OC(C)(C)C)[C@](C)(O)C2)cc1. The number of aliphatic hydroxyl groups is 1. The van der Waals surface area contributed by atoms with E-state index in [-0.39, 0.29) is 18.0 Å². The van der Waals surface area contributed by atoms with Crippen LogP contribution in [0, 0.1) is 12.8 Å². The molecule has 1 heterocycles. The molecule has 3 atom stereocenters. The van der Waals surface area contributed by atoms with Gasteiger partial charge in [-0.25, -0.2) is 8.42 Å². The van der Waals surface area contributed by atoms with E-state index in [1.807, 2.05) is 37.3 Å². The molecule has 2 aromatic carbocycles. The van der Waals surface area contributed by atoms with Crippen molar-refractivity contribution in [3.63, 3.8) is 0 Å². The van der Waals surface area contributed by atoms with Gasteiger partial charge in [0.2, 0.25) is 10.0 Å². The summed E-state index contributed by atoms with van der Waals surface area (Å²) in [6.45, 7) is 8.58. The summed E-state index contributed by atoms with van der Waals surface area (Å²) in [4.78, 5) is 13.3. The smallest absolute Gasteiger partial charge is 0.313 e. The lowest BCUT2D eigenvalue weighted by molar-refractivity contribution is -0.174. The number of β-amino-alcohol motifs (C(OH)–C–C–N with tert-alkyl or cyclic N) is 1. The molecule has 3 rings (SSSR count). The maximum atomic E-state index is 13.4. The van der Waals surface area contributed by atoms with Gasteiger partial charge in [0, 0.05) is 19.0 Å². The van der Waals surface area contributed by atoms with E-state index < -0.39 is 39.0 Å². The minimum Gasteiger partial charge on any atom is -0.460 e. The molecular formula is C24H31NO5S. The Hall–Kier alpha value is -2.22. The van der Waals surface area contributed by atoms with Gasteiger partial charge in [-0.15, -0.1) is 0 Å². The second-order valence-electron chi connectivity index (χ2n) is 9.50. The molecule has 31 heavy (non-hydrogen) atoms. The Morgan fingerprint density at radius 2 is 1.68 bits per heavy atom. The summed E-state index contributed by atoms with van der Waals surface area (Å²) in [5.41, 5.74) is -0.600. The van der Waals surface area contributed by atoms with Crippen LogP contribution in [-0.2, 0) is 19.6 Å². The van der Waals surface area contributed by atoms with E-state index in [0.29, 0.717) is 0 Å². The molecule has 0 aliphatic carbocycles. The van der Waals surface area contributed by atoms with E-state index in [1.54, 1.807) is 45.0 Å². The fourth-order valence-corrected chi connectivity index (χ4v) is 5.67. The zero-order valence-electron chi connectivity index (χ0n) is 18.7. The number of carbonyl (C=O) groups is 1. The second-order valence-corrected chi connectivity index (χ2v) is 11.4. The first-order chi connectivity index (χ1) is 14.3. The van der Waals surface area contributed by atoms with E-state index in [0.717, 1.165) is 11.1 Å². The number of hydrogen-bond acceptors (Lipinski definition) is 5. The van der Waals surface area contributed by atoms with Crippen molar-refractivity contribution in [3.8, 4) is 0 Å². The monoisotopic (exact) mass is 445 g/mol. The molecule has 2 aromatic rings. The van der Waals surface area contributed by atoms with E-state index >= 15 is 0 Å². The molecule has 1 saturated heterocycles. The average Bonchev–Trinajstić information content (AvgIpc) is 2.66. The van der Waals surface area contributed by atoms with Crippen LogP contribution in [0.25, 0.3) is 0 Å². The number of carbonyl (C=O) groups excluding carboxylic acids is 1. The van der Waals surface area contributed by atoms with E-state index in [1.165, 1.54) is 11.2 Å². The van der Waals surface area contributed by atoms with Crippen molar-refractivity contribution in [2.24, 2.45) is 5.92 Å². The first kappa shape index (κ1) is 23.4. The molecule has 1 aliphatic rings. The summed E-state index contributed by atoms with van der Waals surface area (Å²) in [6, 6.07) is 15.8. The quantitative estimate of drug-likeness (QED) is 0.729.